The average Bonchev–Trinajstić information content (AvgIpc) is 3.01. The van der Waals surface area contributed by atoms with Gasteiger partial charge in [-0.15, -0.1) is 0 Å². The standard InChI is InChI=1S/C34H61N3O5/c1-3-4-5-6-7-8-9-10-11-12-13-14-15-16-20-24-30(38)37(26-21-25-36-28-22-18-17-19-23-28)27-29-32(39)33(40)31(35)34(41-2)42-29/h17-19,22-23,29,31-34,36,39-40H,3-16,20-21,24-27,35H2,1-2H3/t29-,31-,32-,33-,34+/m1/s1. The fraction of sp³-hybridized carbons (Fsp3) is 0.794. The number of ether oxygens (including phenoxy) is 2. The lowest BCUT2D eigenvalue weighted by Gasteiger charge is -2.42. The molecule has 1 amide bonds. The molecule has 1 aliphatic rings. The number of nitrogens with one attached hydrogen (secondary N) is 1. The highest BCUT2D eigenvalue weighted by Crippen LogP contribution is 2.22. The number of amides is 1. The van der Waals surface area contributed by atoms with E-state index in [1.165, 1.54) is 84.2 Å². The van der Waals surface area contributed by atoms with Crippen molar-refractivity contribution in [3.05, 3.63) is 30.3 Å². The predicted octanol–water partition coefficient (Wildman–Crippen LogP) is 6.00. The summed E-state index contributed by atoms with van der Waals surface area (Å²) in [5.41, 5.74) is 6.99. The van der Waals surface area contributed by atoms with Gasteiger partial charge in [0.1, 0.15) is 18.3 Å². The van der Waals surface area contributed by atoms with Gasteiger partial charge in [-0.1, -0.05) is 115 Å². The first-order chi connectivity index (χ1) is 20.5. The summed E-state index contributed by atoms with van der Waals surface area (Å²) in [6.45, 7) is 3.71. The number of benzene rings is 1. The molecule has 1 aromatic rings. The zero-order valence-electron chi connectivity index (χ0n) is 26.6. The van der Waals surface area contributed by atoms with E-state index < -0.39 is 30.6 Å². The van der Waals surface area contributed by atoms with E-state index in [-0.39, 0.29) is 12.5 Å². The van der Waals surface area contributed by atoms with Gasteiger partial charge in [0.2, 0.25) is 5.91 Å². The third kappa shape index (κ3) is 14.6. The van der Waals surface area contributed by atoms with E-state index in [1.54, 1.807) is 4.90 Å². The maximum atomic E-state index is 13.3. The summed E-state index contributed by atoms with van der Waals surface area (Å²) in [5, 5.41) is 24.4. The van der Waals surface area contributed by atoms with Crippen LogP contribution in [-0.4, -0.2) is 78.4 Å². The van der Waals surface area contributed by atoms with Crippen LogP contribution < -0.4 is 11.1 Å². The van der Waals surface area contributed by atoms with Crippen LogP contribution in [0.15, 0.2) is 30.3 Å². The lowest BCUT2D eigenvalue weighted by Crippen LogP contribution is -2.63. The SMILES string of the molecule is CCCCCCCCCCCCCCCCCC(=O)N(CCCNc1ccccc1)C[C@H]1O[C@H](OC)[C@H](N)[C@@H](O)[C@@H]1O. The van der Waals surface area contributed by atoms with Crippen molar-refractivity contribution in [1.82, 2.24) is 4.90 Å². The van der Waals surface area contributed by atoms with E-state index >= 15 is 0 Å². The third-order valence-electron chi connectivity index (χ3n) is 8.44. The Balaban J connectivity index is 1.68. The lowest BCUT2D eigenvalue weighted by atomic mass is 9.97. The minimum absolute atomic E-state index is 0.0542. The summed E-state index contributed by atoms with van der Waals surface area (Å²) >= 11 is 0. The number of hydrogen-bond donors (Lipinski definition) is 4. The van der Waals surface area contributed by atoms with Gasteiger partial charge in [0.15, 0.2) is 6.29 Å². The molecule has 1 aliphatic heterocycles. The number of anilines is 1. The fourth-order valence-corrected chi connectivity index (χ4v) is 5.72. The van der Waals surface area contributed by atoms with Gasteiger partial charge in [-0.2, -0.15) is 0 Å². The Morgan fingerprint density at radius 1 is 0.857 bits per heavy atom. The molecule has 8 nitrogen and oxygen atoms in total. The molecular weight excluding hydrogens is 530 g/mol. The van der Waals surface area contributed by atoms with Crippen LogP contribution in [0.5, 0.6) is 0 Å². The van der Waals surface area contributed by atoms with E-state index in [2.05, 4.69) is 12.2 Å². The first kappa shape index (κ1) is 36.5. The molecular formula is C34H61N3O5. The molecule has 42 heavy (non-hydrogen) atoms. The second-order valence-electron chi connectivity index (χ2n) is 12.0. The molecule has 2 rings (SSSR count). The van der Waals surface area contributed by atoms with Crippen LogP contribution in [0.4, 0.5) is 5.69 Å². The zero-order valence-corrected chi connectivity index (χ0v) is 26.6. The van der Waals surface area contributed by atoms with Crippen LogP contribution in [0.1, 0.15) is 116 Å². The van der Waals surface area contributed by atoms with Crippen molar-refractivity contribution in [3.63, 3.8) is 0 Å². The van der Waals surface area contributed by atoms with Crippen LogP contribution in [0.2, 0.25) is 0 Å². The summed E-state index contributed by atoms with van der Waals surface area (Å²) < 4.78 is 11.1. The van der Waals surface area contributed by atoms with Gasteiger partial charge in [0.05, 0.1) is 6.04 Å². The van der Waals surface area contributed by atoms with E-state index in [4.69, 9.17) is 15.2 Å². The van der Waals surface area contributed by atoms with Crippen molar-refractivity contribution in [2.24, 2.45) is 5.73 Å². The molecule has 1 fully saturated rings. The van der Waals surface area contributed by atoms with Crippen LogP contribution in [-0.2, 0) is 14.3 Å². The highest BCUT2D eigenvalue weighted by molar-refractivity contribution is 5.76. The Kier molecular flexibility index (Phi) is 19.8. The van der Waals surface area contributed by atoms with Gasteiger partial charge in [0.25, 0.3) is 0 Å². The summed E-state index contributed by atoms with van der Waals surface area (Å²) in [4.78, 5) is 15.0. The van der Waals surface area contributed by atoms with Crippen molar-refractivity contribution in [2.45, 2.75) is 147 Å². The van der Waals surface area contributed by atoms with E-state index in [9.17, 15) is 15.0 Å². The molecule has 0 spiro atoms. The monoisotopic (exact) mass is 591 g/mol. The van der Waals surface area contributed by atoms with Gasteiger partial charge in [-0.3, -0.25) is 4.79 Å². The van der Waals surface area contributed by atoms with Gasteiger partial charge in [-0.05, 0) is 25.0 Å². The van der Waals surface area contributed by atoms with Gasteiger partial charge < -0.3 is 35.6 Å². The van der Waals surface area contributed by atoms with Crippen molar-refractivity contribution in [2.75, 3.05) is 32.1 Å². The summed E-state index contributed by atoms with van der Waals surface area (Å²) in [7, 11) is 1.46. The minimum Gasteiger partial charge on any atom is -0.388 e. The van der Waals surface area contributed by atoms with Gasteiger partial charge in [0, 0.05) is 38.9 Å². The highest BCUT2D eigenvalue weighted by atomic mass is 16.7. The molecule has 0 saturated carbocycles. The smallest absolute Gasteiger partial charge is 0.222 e. The van der Waals surface area contributed by atoms with Gasteiger partial charge in [-0.25, -0.2) is 0 Å². The Labute approximate surface area is 255 Å². The number of aliphatic hydroxyl groups excluding tert-OH is 2. The highest BCUT2D eigenvalue weighted by Gasteiger charge is 2.43. The summed E-state index contributed by atoms with van der Waals surface area (Å²) in [5.74, 6) is 0.0542. The molecule has 1 heterocycles. The molecule has 8 heteroatoms. The molecule has 0 bridgehead atoms. The van der Waals surface area contributed by atoms with Crippen LogP contribution in [0.25, 0.3) is 0 Å². The maximum Gasteiger partial charge on any atom is 0.222 e. The largest absolute Gasteiger partial charge is 0.388 e. The van der Waals surface area contributed by atoms with Crippen molar-refractivity contribution >= 4 is 11.6 Å². The Hall–Kier alpha value is -1.71. The first-order valence-corrected chi connectivity index (χ1v) is 16.8. The number of carbonyl (C=O) groups excluding carboxylic acids is 1. The number of hydrogen-bond acceptors (Lipinski definition) is 7. The van der Waals surface area contributed by atoms with Crippen molar-refractivity contribution < 1.29 is 24.5 Å². The maximum absolute atomic E-state index is 13.3. The number of nitrogens with two attached hydrogens (primary N) is 1. The number of aliphatic hydroxyl groups is 2. The zero-order chi connectivity index (χ0) is 30.4. The topological polar surface area (TPSA) is 117 Å². The summed E-state index contributed by atoms with van der Waals surface area (Å²) in [6.07, 6.45) is 16.6. The Morgan fingerprint density at radius 3 is 1.95 bits per heavy atom. The van der Waals surface area contributed by atoms with Crippen LogP contribution in [0.3, 0.4) is 0 Å². The quantitative estimate of drug-likeness (QED) is 0.109. The minimum atomic E-state index is -1.19. The van der Waals surface area contributed by atoms with Crippen LogP contribution in [0, 0.1) is 0 Å². The summed E-state index contributed by atoms with van der Waals surface area (Å²) in [6, 6.07) is 9.13. The predicted molar refractivity (Wildman–Crippen MR) is 171 cm³/mol. The lowest BCUT2D eigenvalue weighted by molar-refractivity contribution is -0.254. The van der Waals surface area contributed by atoms with E-state index in [1.807, 2.05) is 30.3 Å². The molecule has 1 aromatic carbocycles. The van der Waals surface area contributed by atoms with Gasteiger partial charge >= 0.3 is 0 Å². The molecule has 0 unspecified atom stereocenters. The van der Waals surface area contributed by atoms with Crippen molar-refractivity contribution in [1.29, 1.82) is 0 Å². The van der Waals surface area contributed by atoms with Crippen LogP contribution >= 0.6 is 0 Å². The molecule has 5 N–H and O–H groups in total. The number of unbranched alkanes of at least 4 members (excludes halogenated alkanes) is 14. The molecule has 0 aromatic heterocycles. The molecule has 5 atom stereocenters. The third-order valence-corrected chi connectivity index (χ3v) is 8.44. The number of carbonyl (C=O) groups is 1. The number of para-hydroxylation sites is 1. The Bertz CT molecular complexity index is 797. The molecule has 1 saturated heterocycles. The second kappa shape index (κ2) is 22.8. The molecule has 0 radical (unpaired) electrons. The van der Waals surface area contributed by atoms with Crippen molar-refractivity contribution in [3.8, 4) is 0 Å². The first-order valence-electron chi connectivity index (χ1n) is 16.8. The average molecular weight is 592 g/mol. The normalized spacial score (nSPS) is 22.3. The number of rotatable bonds is 24. The number of nitrogens with zero attached hydrogens (tertiary/aromatic N) is 1. The number of methoxy groups -OCH3 is 1. The Morgan fingerprint density at radius 2 is 1.40 bits per heavy atom. The molecule has 242 valence electrons. The van der Waals surface area contributed by atoms with E-state index in [0.717, 1.165) is 37.9 Å². The molecule has 0 aliphatic carbocycles. The second-order valence-corrected chi connectivity index (χ2v) is 12.0. The van der Waals surface area contributed by atoms with E-state index in [0.29, 0.717) is 13.0 Å². The fourth-order valence-electron chi connectivity index (χ4n) is 5.72.